The molecule has 1 N–H and O–H groups in total. The summed E-state index contributed by atoms with van der Waals surface area (Å²) in [7, 11) is 1.58. The van der Waals surface area contributed by atoms with Gasteiger partial charge in [-0.05, 0) is 24.3 Å². The lowest BCUT2D eigenvalue weighted by Gasteiger charge is -2.06. The number of methoxy groups -OCH3 is 1. The lowest BCUT2D eigenvalue weighted by Crippen LogP contribution is -2.23. The maximum absolute atomic E-state index is 11.6. The molecule has 4 nitrogen and oxygen atoms in total. The molecule has 0 heterocycles. The number of halogens is 1. The molecule has 0 atom stereocenters. The Morgan fingerprint density at radius 3 is 2.59 bits per heavy atom. The van der Waals surface area contributed by atoms with Crippen LogP contribution in [0.25, 0.3) is 0 Å². The van der Waals surface area contributed by atoms with Crippen LogP contribution in [0, 0.1) is 0 Å². The van der Waals surface area contributed by atoms with Gasteiger partial charge in [-0.25, -0.2) is 4.79 Å². The van der Waals surface area contributed by atoms with Gasteiger partial charge in [-0.3, -0.25) is 0 Å². The SMILES string of the molecule is COc1ccc(C(=O)OCCNCCCl)cc1. The van der Waals surface area contributed by atoms with Crippen molar-refractivity contribution in [2.24, 2.45) is 0 Å². The van der Waals surface area contributed by atoms with E-state index in [2.05, 4.69) is 5.32 Å². The van der Waals surface area contributed by atoms with E-state index >= 15 is 0 Å². The first kappa shape index (κ1) is 13.8. The first-order chi connectivity index (χ1) is 8.27. The van der Waals surface area contributed by atoms with Crippen molar-refractivity contribution in [2.75, 3.05) is 32.7 Å². The van der Waals surface area contributed by atoms with E-state index in [-0.39, 0.29) is 5.97 Å². The van der Waals surface area contributed by atoms with Gasteiger partial charge in [0.2, 0.25) is 0 Å². The summed E-state index contributed by atoms with van der Waals surface area (Å²) in [6, 6.07) is 6.80. The monoisotopic (exact) mass is 257 g/mol. The number of carbonyl (C=O) groups excluding carboxylic acids is 1. The Morgan fingerprint density at radius 1 is 1.29 bits per heavy atom. The highest BCUT2D eigenvalue weighted by atomic mass is 35.5. The summed E-state index contributed by atoms with van der Waals surface area (Å²) < 4.78 is 10.1. The van der Waals surface area contributed by atoms with Gasteiger partial charge in [-0.1, -0.05) is 0 Å². The van der Waals surface area contributed by atoms with Crippen molar-refractivity contribution in [2.45, 2.75) is 0 Å². The molecule has 0 aliphatic rings. The van der Waals surface area contributed by atoms with Gasteiger partial charge < -0.3 is 14.8 Å². The van der Waals surface area contributed by atoms with Crippen LogP contribution in [0.3, 0.4) is 0 Å². The highest BCUT2D eigenvalue weighted by Gasteiger charge is 2.06. The number of rotatable bonds is 7. The number of esters is 1. The minimum Gasteiger partial charge on any atom is -0.497 e. The van der Waals surface area contributed by atoms with Crippen LogP contribution in [0.2, 0.25) is 0 Å². The lowest BCUT2D eigenvalue weighted by molar-refractivity contribution is 0.0509. The molecular weight excluding hydrogens is 242 g/mol. The second-order valence-corrected chi connectivity index (χ2v) is 3.68. The summed E-state index contributed by atoms with van der Waals surface area (Å²) in [6.45, 7) is 1.65. The third-order valence-electron chi connectivity index (χ3n) is 2.11. The van der Waals surface area contributed by atoms with Crippen LogP contribution in [0.5, 0.6) is 5.75 Å². The molecule has 1 aromatic rings. The molecular formula is C12H16ClNO3. The van der Waals surface area contributed by atoms with Crippen molar-refractivity contribution in [1.29, 1.82) is 0 Å². The maximum atomic E-state index is 11.6. The van der Waals surface area contributed by atoms with Gasteiger partial charge in [0.25, 0.3) is 0 Å². The number of hydrogen-bond acceptors (Lipinski definition) is 4. The van der Waals surface area contributed by atoms with Crippen LogP contribution >= 0.6 is 11.6 Å². The summed E-state index contributed by atoms with van der Waals surface area (Å²) in [5, 5.41) is 3.03. The first-order valence-corrected chi connectivity index (χ1v) is 5.89. The molecule has 5 heteroatoms. The molecule has 0 aliphatic carbocycles. The van der Waals surface area contributed by atoms with Crippen molar-refractivity contribution < 1.29 is 14.3 Å². The number of benzene rings is 1. The summed E-state index contributed by atoms with van der Waals surface area (Å²) in [5.74, 6) is 0.928. The van der Waals surface area contributed by atoms with Crippen molar-refractivity contribution in [1.82, 2.24) is 5.32 Å². The molecule has 0 spiro atoms. The summed E-state index contributed by atoms with van der Waals surface area (Å²) >= 11 is 5.49. The summed E-state index contributed by atoms with van der Waals surface area (Å²) in [6.07, 6.45) is 0. The van der Waals surface area contributed by atoms with E-state index in [1.807, 2.05) is 0 Å². The van der Waals surface area contributed by atoms with Crippen molar-refractivity contribution in [3.63, 3.8) is 0 Å². The molecule has 1 aromatic carbocycles. The van der Waals surface area contributed by atoms with Gasteiger partial charge in [-0.15, -0.1) is 11.6 Å². The van der Waals surface area contributed by atoms with E-state index in [0.717, 1.165) is 0 Å². The van der Waals surface area contributed by atoms with Gasteiger partial charge >= 0.3 is 5.97 Å². The maximum Gasteiger partial charge on any atom is 0.338 e. The van der Waals surface area contributed by atoms with E-state index in [0.29, 0.717) is 36.9 Å². The fourth-order valence-corrected chi connectivity index (χ4v) is 1.35. The van der Waals surface area contributed by atoms with Crippen LogP contribution in [0.1, 0.15) is 10.4 Å². The molecule has 0 aliphatic heterocycles. The molecule has 0 fully saturated rings. The Labute approximate surface area is 106 Å². The zero-order valence-electron chi connectivity index (χ0n) is 9.74. The average molecular weight is 258 g/mol. The Bertz CT molecular complexity index is 340. The van der Waals surface area contributed by atoms with Crippen LogP contribution in [0.4, 0.5) is 0 Å². The minimum atomic E-state index is -0.333. The highest BCUT2D eigenvalue weighted by molar-refractivity contribution is 6.18. The van der Waals surface area contributed by atoms with Crippen molar-refractivity contribution in [3.05, 3.63) is 29.8 Å². The van der Waals surface area contributed by atoms with Crippen molar-refractivity contribution >= 4 is 17.6 Å². The Hall–Kier alpha value is -1.26. The number of hydrogen-bond donors (Lipinski definition) is 1. The Morgan fingerprint density at radius 2 is 2.00 bits per heavy atom. The van der Waals surface area contributed by atoms with Crippen molar-refractivity contribution in [3.8, 4) is 5.75 Å². The molecule has 0 amide bonds. The highest BCUT2D eigenvalue weighted by Crippen LogP contribution is 2.11. The molecule has 17 heavy (non-hydrogen) atoms. The molecule has 0 radical (unpaired) electrons. The first-order valence-electron chi connectivity index (χ1n) is 5.36. The number of nitrogens with one attached hydrogen (secondary N) is 1. The summed E-state index contributed by atoms with van der Waals surface area (Å²) in [4.78, 5) is 11.6. The molecule has 0 aromatic heterocycles. The van der Waals surface area contributed by atoms with Crippen LogP contribution in [0.15, 0.2) is 24.3 Å². The molecule has 0 saturated heterocycles. The zero-order valence-corrected chi connectivity index (χ0v) is 10.5. The van der Waals surface area contributed by atoms with E-state index < -0.39 is 0 Å². The van der Waals surface area contributed by atoms with Gasteiger partial charge in [0, 0.05) is 19.0 Å². The zero-order chi connectivity index (χ0) is 12.5. The summed E-state index contributed by atoms with van der Waals surface area (Å²) in [5.41, 5.74) is 0.517. The average Bonchev–Trinajstić information content (AvgIpc) is 2.38. The lowest BCUT2D eigenvalue weighted by atomic mass is 10.2. The third-order valence-corrected chi connectivity index (χ3v) is 2.30. The molecule has 0 saturated carbocycles. The van der Waals surface area contributed by atoms with Gasteiger partial charge in [-0.2, -0.15) is 0 Å². The van der Waals surface area contributed by atoms with E-state index in [1.165, 1.54) is 0 Å². The smallest absolute Gasteiger partial charge is 0.338 e. The fourth-order valence-electron chi connectivity index (χ4n) is 1.22. The van der Waals surface area contributed by atoms with Gasteiger partial charge in [0.15, 0.2) is 0 Å². The van der Waals surface area contributed by atoms with Crippen LogP contribution in [-0.2, 0) is 4.74 Å². The van der Waals surface area contributed by atoms with Crippen LogP contribution < -0.4 is 10.1 Å². The number of ether oxygens (including phenoxy) is 2. The normalized spacial score (nSPS) is 10.0. The van der Waals surface area contributed by atoms with Gasteiger partial charge in [0.1, 0.15) is 12.4 Å². The van der Waals surface area contributed by atoms with Crippen LogP contribution in [-0.4, -0.2) is 38.7 Å². The molecule has 0 bridgehead atoms. The molecule has 94 valence electrons. The Balaban J connectivity index is 2.31. The van der Waals surface area contributed by atoms with E-state index in [1.54, 1.807) is 31.4 Å². The predicted octanol–water partition coefficient (Wildman–Crippen LogP) is 1.68. The predicted molar refractivity (Wildman–Crippen MR) is 66.9 cm³/mol. The third kappa shape index (κ3) is 5.06. The fraction of sp³-hybridized carbons (Fsp3) is 0.417. The van der Waals surface area contributed by atoms with E-state index in [4.69, 9.17) is 21.1 Å². The topological polar surface area (TPSA) is 47.6 Å². The van der Waals surface area contributed by atoms with E-state index in [9.17, 15) is 4.79 Å². The molecule has 1 rings (SSSR count). The number of alkyl halides is 1. The standard InChI is InChI=1S/C12H16ClNO3/c1-16-11-4-2-10(3-5-11)12(15)17-9-8-14-7-6-13/h2-5,14H,6-9H2,1H3. The van der Waals surface area contributed by atoms with Gasteiger partial charge in [0.05, 0.1) is 12.7 Å². The number of carbonyl (C=O) groups is 1. The Kier molecular flexibility index (Phi) is 6.43. The second-order valence-electron chi connectivity index (χ2n) is 3.30. The molecule has 0 unspecified atom stereocenters. The quantitative estimate of drug-likeness (QED) is 0.459. The largest absolute Gasteiger partial charge is 0.497 e. The second kappa shape index (κ2) is 7.92. The minimum absolute atomic E-state index is 0.333.